The SMILES string of the molecule is CC1(C)CN(C(=O)c2cccc(CO)c2)C[C@@H](COc2ccccc2)O1. The lowest BCUT2D eigenvalue weighted by Gasteiger charge is -2.42. The van der Waals surface area contributed by atoms with Gasteiger partial charge in [-0.05, 0) is 43.7 Å². The van der Waals surface area contributed by atoms with Crippen LogP contribution in [0.4, 0.5) is 0 Å². The summed E-state index contributed by atoms with van der Waals surface area (Å²) in [6, 6.07) is 16.7. The maximum atomic E-state index is 12.9. The molecule has 2 aromatic carbocycles. The van der Waals surface area contributed by atoms with Crippen molar-refractivity contribution < 1.29 is 19.4 Å². The van der Waals surface area contributed by atoms with E-state index in [1.54, 1.807) is 29.2 Å². The van der Waals surface area contributed by atoms with E-state index in [0.717, 1.165) is 11.3 Å². The first-order valence-electron chi connectivity index (χ1n) is 8.81. The number of rotatable bonds is 5. The van der Waals surface area contributed by atoms with Crippen LogP contribution in [-0.2, 0) is 11.3 Å². The van der Waals surface area contributed by atoms with Gasteiger partial charge in [0.15, 0.2) is 0 Å². The van der Waals surface area contributed by atoms with Gasteiger partial charge in [-0.25, -0.2) is 0 Å². The van der Waals surface area contributed by atoms with Gasteiger partial charge in [0, 0.05) is 12.1 Å². The molecule has 26 heavy (non-hydrogen) atoms. The van der Waals surface area contributed by atoms with Crippen molar-refractivity contribution in [2.45, 2.75) is 32.2 Å². The zero-order valence-corrected chi connectivity index (χ0v) is 15.2. The summed E-state index contributed by atoms with van der Waals surface area (Å²) in [6.45, 7) is 5.24. The normalized spacial score (nSPS) is 19.2. The van der Waals surface area contributed by atoms with Crippen LogP contribution >= 0.6 is 0 Å². The Hall–Kier alpha value is -2.37. The summed E-state index contributed by atoms with van der Waals surface area (Å²) in [7, 11) is 0. The highest BCUT2D eigenvalue weighted by molar-refractivity contribution is 5.94. The van der Waals surface area contributed by atoms with E-state index in [1.165, 1.54) is 0 Å². The number of para-hydroxylation sites is 1. The van der Waals surface area contributed by atoms with Gasteiger partial charge in [0.25, 0.3) is 5.91 Å². The van der Waals surface area contributed by atoms with Crippen LogP contribution in [0.1, 0.15) is 29.8 Å². The Morgan fingerprint density at radius 1 is 1.23 bits per heavy atom. The molecule has 5 nitrogen and oxygen atoms in total. The Morgan fingerprint density at radius 3 is 2.73 bits per heavy atom. The maximum absolute atomic E-state index is 12.9. The molecule has 0 aromatic heterocycles. The molecule has 1 heterocycles. The van der Waals surface area contributed by atoms with Gasteiger partial charge >= 0.3 is 0 Å². The molecule has 2 aromatic rings. The second kappa shape index (κ2) is 7.89. The number of aliphatic hydroxyl groups excluding tert-OH is 1. The molecule has 0 unspecified atom stereocenters. The molecule has 1 fully saturated rings. The molecule has 1 N–H and O–H groups in total. The number of hydrogen-bond acceptors (Lipinski definition) is 4. The smallest absolute Gasteiger partial charge is 0.254 e. The number of amides is 1. The van der Waals surface area contributed by atoms with Crippen molar-refractivity contribution in [3.05, 3.63) is 65.7 Å². The Kier molecular flexibility index (Phi) is 5.59. The summed E-state index contributed by atoms with van der Waals surface area (Å²) in [6.07, 6.45) is -0.205. The minimum atomic E-state index is -0.451. The zero-order valence-electron chi connectivity index (χ0n) is 15.2. The molecule has 0 spiro atoms. The van der Waals surface area contributed by atoms with Crippen molar-refractivity contribution in [1.82, 2.24) is 4.90 Å². The van der Waals surface area contributed by atoms with Crippen LogP contribution in [0.3, 0.4) is 0 Å². The highest BCUT2D eigenvalue weighted by Crippen LogP contribution is 2.23. The summed E-state index contributed by atoms with van der Waals surface area (Å²) in [5.74, 6) is 0.731. The Balaban J connectivity index is 1.69. The summed E-state index contributed by atoms with van der Waals surface area (Å²) in [5.41, 5.74) is 0.858. The molecule has 138 valence electrons. The van der Waals surface area contributed by atoms with Gasteiger partial charge in [0.2, 0.25) is 0 Å². The highest BCUT2D eigenvalue weighted by Gasteiger charge is 2.36. The van der Waals surface area contributed by atoms with Crippen LogP contribution in [0.25, 0.3) is 0 Å². The molecule has 1 saturated heterocycles. The van der Waals surface area contributed by atoms with Crippen molar-refractivity contribution in [3.63, 3.8) is 0 Å². The van der Waals surface area contributed by atoms with Crippen LogP contribution in [0, 0.1) is 0 Å². The van der Waals surface area contributed by atoms with Gasteiger partial charge in [-0.2, -0.15) is 0 Å². The van der Waals surface area contributed by atoms with E-state index < -0.39 is 5.60 Å². The first-order chi connectivity index (χ1) is 12.5. The number of carbonyl (C=O) groups excluding carboxylic acids is 1. The minimum absolute atomic E-state index is 0.0543. The number of carbonyl (C=O) groups is 1. The summed E-state index contributed by atoms with van der Waals surface area (Å²) < 4.78 is 11.9. The van der Waals surface area contributed by atoms with E-state index in [9.17, 15) is 9.90 Å². The Morgan fingerprint density at radius 2 is 2.00 bits per heavy atom. The summed E-state index contributed by atoms with van der Waals surface area (Å²) in [5, 5.41) is 9.30. The second-order valence-corrected chi connectivity index (χ2v) is 7.17. The Bertz CT molecular complexity index is 745. The molecule has 0 radical (unpaired) electrons. The number of nitrogens with zero attached hydrogens (tertiary/aromatic N) is 1. The number of benzene rings is 2. The topological polar surface area (TPSA) is 59.0 Å². The van der Waals surface area contributed by atoms with Crippen molar-refractivity contribution in [3.8, 4) is 5.75 Å². The van der Waals surface area contributed by atoms with Crippen molar-refractivity contribution in [1.29, 1.82) is 0 Å². The van der Waals surface area contributed by atoms with Crippen LogP contribution in [0.5, 0.6) is 5.75 Å². The number of morpholine rings is 1. The molecule has 1 amide bonds. The zero-order chi connectivity index (χ0) is 18.6. The molecular formula is C21H25NO4. The van der Waals surface area contributed by atoms with Crippen molar-refractivity contribution >= 4 is 5.91 Å². The fourth-order valence-electron chi connectivity index (χ4n) is 3.23. The third-order valence-corrected chi connectivity index (χ3v) is 4.30. The molecule has 1 aliphatic heterocycles. The van der Waals surface area contributed by atoms with E-state index in [1.807, 2.05) is 44.2 Å². The predicted octanol–water partition coefficient (Wildman–Crippen LogP) is 2.88. The van der Waals surface area contributed by atoms with Gasteiger partial charge in [-0.1, -0.05) is 30.3 Å². The average Bonchev–Trinajstić information content (AvgIpc) is 2.65. The lowest BCUT2D eigenvalue weighted by atomic mass is 10.0. The summed E-state index contributed by atoms with van der Waals surface area (Å²) >= 11 is 0. The third-order valence-electron chi connectivity index (χ3n) is 4.30. The first-order valence-corrected chi connectivity index (χ1v) is 8.81. The number of hydrogen-bond donors (Lipinski definition) is 1. The molecule has 0 aliphatic carbocycles. The van der Waals surface area contributed by atoms with E-state index in [-0.39, 0.29) is 18.6 Å². The van der Waals surface area contributed by atoms with E-state index in [2.05, 4.69) is 0 Å². The van der Waals surface area contributed by atoms with Gasteiger partial charge < -0.3 is 19.5 Å². The maximum Gasteiger partial charge on any atom is 0.254 e. The highest BCUT2D eigenvalue weighted by atomic mass is 16.5. The number of aliphatic hydroxyl groups is 1. The van der Waals surface area contributed by atoms with Crippen LogP contribution < -0.4 is 4.74 Å². The van der Waals surface area contributed by atoms with Crippen molar-refractivity contribution in [2.75, 3.05) is 19.7 Å². The van der Waals surface area contributed by atoms with Gasteiger partial charge in [0.1, 0.15) is 18.5 Å². The molecule has 1 aliphatic rings. The minimum Gasteiger partial charge on any atom is -0.491 e. The Labute approximate surface area is 154 Å². The van der Waals surface area contributed by atoms with Crippen LogP contribution in [0.15, 0.2) is 54.6 Å². The van der Waals surface area contributed by atoms with E-state index in [0.29, 0.717) is 25.3 Å². The summed E-state index contributed by atoms with van der Waals surface area (Å²) in [4.78, 5) is 14.7. The first kappa shape index (κ1) is 18.4. The van der Waals surface area contributed by atoms with Gasteiger partial charge in [0.05, 0.1) is 18.8 Å². The van der Waals surface area contributed by atoms with Gasteiger partial charge in [-0.3, -0.25) is 4.79 Å². The predicted molar refractivity (Wildman–Crippen MR) is 99.2 cm³/mol. The fourth-order valence-corrected chi connectivity index (χ4v) is 3.23. The monoisotopic (exact) mass is 355 g/mol. The standard InChI is InChI=1S/C21H25NO4/c1-21(2)15-22(20(24)17-8-6-7-16(11-17)13-23)12-19(26-21)14-25-18-9-4-3-5-10-18/h3-11,19,23H,12-15H2,1-2H3/t19-/m0/s1. The van der Waals surface area contributed by atoms with Gasteiger partial charge in [-0.15, -0.1) is 0 Å². The van der Waals surface area contributed by atoms with Crippen LogP contribution in [-0.4, -0.2) is 47.3 Å². The molecule has 3 rings (SSSR count). The number of ether oxygens (including phenoxy) is 2. The lowest BCUT2D eigenvalue weighted by Crippen LogP contribution is -2.56. The van der Waals surface area contributed by atoms with E-state index in [4.69, 9.17) is 9.47 Å². The third kappa shape index (κ3) is 4.62. The average molecular weight is 355 g/mol. The molecule has 0 saturated carbocycles. The quantitative estimate of drug-likeness (QED) is 0.896. The van der Waals surface area contributed by atoms with E-state index >= 15 is 0 Å². The van der Waals surface area contributed by atoms with Crippen LogP contribution in [0.2, 0.25) is 0 Å². The molecule has 0 bridgehead atoms. The molecular weight excluding hydrogens is 330 g/mol. The van der Waals surface area contributed by atoms with Crippen molar-refractivity contribution in [2.24, 2.45) is 0 Å². The molecule has 5 heteroatoms. The second-order valence-electron chi connectivity index (χ2n) is 7.17. The largest absolute Gasteiger partial charge is 0.491 e. The lowest BCUT2D eigenvalue weighted by molar-refractivity contribution is -0.136. The molecule has 1 atom stereocenters. The fraction of sp³-hybridized carbons (Fsp3) is 0.381.